The van der Waals surface area contributed by atoms with Crippen LogP contribution in [0.1, 0.15) is 29.5 Å². The van der Waals surface area contributed by atoms with Crippen LogP contribution < -0.4 is 0 Å². The number of Topliss-reactive ketones (excluding diaryl/α,β-unsaturated/α-hetero) is 2. The third kappa shape index (κ3) is 1.81. The standard InChI is InChI=1S/C9H10O3/c1-6(10)5-9(11)8-3-4-12-7(8)2/h3-4H,5H2,1-2H3. The summed E-state index contributed by atoms with van der Waals surface area (Å²) in [6, 6.07) is 1.58. The summed E-state index contributed by atoms with van der Waals surface area (Å²) in [6.45, 7) is 3.10. The van der Waals surface area contributed by atoms with Gasteiger partial charge in [0.2, 0.25) is 0 Å². The number of hydrogen-bond donors (Lipinski definition) is 0. The summed E-state index contributed by atoms with van der Waals surface area (Å²) in [5.74, 6) is 0.274. The van der Waals surface area contributed by atoms with Gasteiger partial charge in [0.15, 0.2) is 5.78 Å². The summed E-state index contributed by atoms with van der Waals surface area (Å²) >= 11 is 0. The molecule has 0 aliphatic heterocycles. The Morgan fingerprint density at radius 1 is 1.50 bits per heavy atom. The molecular weight excluding hydrogens is 156 g/mol. The third-order valence-corrected chi connectivity index (χ3v) is 1.57. The molecule has 0 aliphatic carbocycles. The van der Waals surface area contributed by atoms with E-state index in [1.807, 2.05) is 0 Å². The summed E-state index contributed by atoms with van der Waals surface area (Å²) < 4.78 is 4.94. The second kappa shape index (κ2) is 3.34. The van der Waals surface area contributed by atoms with Crippen LogP contribution >= 0.6 is 0 Å². The number of rotatable bonds is 3. The first-order valence-electron chi connectivity index (χ1n) is 3.68. The number of carbonyl (C=O) groups excluding carboxylic acids is 2. The molecule has 12 heavy (non-hydrogen) atoms. The van der Waals surface area contributed by atoms with Crippen molar-refractivity contribution in [3.63, 3.8) is 0 Å². The molecule has 0 atom stereocenters. The van der Waals surface area contributed by atoms with E-state index < -0.39 is 0 Å². The molecule has 1 aromatic heterocycles. The zero-order valence-corrected chi connectivity index (χ0v) is 7.09. The van der Waals surface area contributed by atoms with Gasteiger partial charge in [-0.1, -0.05) is 0 Å². The van der Waals surface area contributed by atoms with Gasteiger partial charge < -0.3 is 4.42 Å². The normalized spacial score (nSPS) is 9.83. The molecule has 0 radical (unpaired) electrons. The van der Waals surface area contributed by atoms with Crippen molar-refractivity contribution in [3.05, 3.63) is 23.7 Å². The monoisotopic (exact) mass is 166 g/mol. The van der Waals surface area contributed by atoms with Crippen molar-refractivity contribution in [3.8, 4) is 0 Å². The minimum atomic E-state index is -0.172. The van der Waals surface area contributed by atoms with Crippen LogP contribution in [-0.2, 0) is 4.79 Å². The summed E-state index contributed by atoms with van der Waals surface area (Å²) in [4.78, 5) is 21.9. The van der Waals surface area contributed by atoms with Crippen molar-refractivity contribution >= 4 is 11.6 Å². The maximum absolute atomic E-state index is 11.3. The number of aryl methyl sites for hydroxylation is 1. The highest BCUT2D eigenvalue weighted by molar-refractivity contribution is 6.07. The highest BCUT2D eigenvalue weighted by Crippen LogP contribution is 2.11. The summed E-state index contributed by atoms with van der Waals surface area (Å²) in [5, 5.41) is 0. The fourth-order valence-corrected chi connectivity index (χ4v) is 0.996. The average Bonchev–Trinajstić information content (AvgIpc) is 2.33. The zero-order chi connectivity index (χ0) is 9.14. The van der Waals surface area contributed by atoms with Crippen LogP contribution in [0.2, 0.25) is 0 Å². The number of ketones is 2. The molecule has 1 heterocycles. The Labute approximate surface area is 70.4 Å². The van der Waals surface area contributed by atoms with E-state index in [0.717, 1.165) is 0 Å². The van der Waals surface area contributed by atoms with Gasteiger partial charge in [0, 0.05) is 0 Å². The SMILES string of the molecule is CC(=O)CC(=O)c1ccoc1C. The topological polar surface area (TPSA) is 47.3 Å². The first-order chi connectivity index (χ1) is 5.61. The molecular formula is C9H10O3. The van der Waals surface area contributed by atoms with Gasteiger partial charge in [-0.3, -0.25) is 9.59 Å². The lowest BCUT2D eigenvalue weighted by Crippen LogP contribution is -2.04. The van der Waals surface area contributed by atoms with Crippen molar-refractivity contribution in [1.82, 2.24) is 0 Å². The molecule has 0 unspecified atom stereocenters. The first-order valence-corrected chi connectivity index (χ1v) is 3.68. The van der Waals surface area contributed by atoms with Gasteiger partial charge in [-0.05, 0) is 19.9 Å². The van der Waals surface area contributed by atoms with Gasteiger partial charge >= 0.3 is 0 Å². The molecule has 1 aromatic rings. The van der Waals surface area contributed by atoms with Crippen LogP contribution in [-0.4, -0.2) is 11.6 Å². The van der Waals surface area contributed by atoms with Crippen LogP contribution in [0.15, 0.2) is 16.7 Å². The molecule has 0 aromatic carbocycles. The van der Waals surface area contributed by atoms with E-state index in [4.69, 9.17) is 4.42 Å². The fraction of sp³-hybridized carbons (Fsp3) is 0.333. The summed E-state index contributed by atoms with van der Waals surface area (Å²) in [6.07, 6.45) is 1.41. The molecule has 1 rings (SSSR count). The van der Waals surface area contributed by atoms with Crippen LogP contribution in [0.5, 0.6) is 0 Å². The molecule has 0 fully saturated rings. The Morgan fingerprint density at radius 3 is 2.58 bits per heavy atom. The molecule has 0 saturated heterocycles. The predicted molar refractivity (Wildman–Crippen MR) is 43.1 cm³/mol. The largest absolute Gasteiger partial charge is 0.469 e. The van der Waals surface area contributed by atoms with Gasteiger partial charge in [-0.2, -0.15) is 0 Å². The van der Waals surface area contributed by atoms with E-state index in [1.54, 1.807) is 13.0 Å². The summed E-state index contributed by atoms with van der Waals surface area (Å²) in [5.41, 5.74) is 0.505. The quantitative estimate of drug-likeness (QED) is 0.507. The van der Waals surface area contributed by atoms with Crippen molar-refractivity contribution < 1.29 is 14.0 Å². The van der Waals surface area contributed by atoms with Crippen LogP contribution in [0.4, 0.5) is 0 Å². The van der Waals surface area contributed by atoms with E-state index in [-0.39, 0.29) is 18.0 Å². The first kappa shape index (κ1) is 8.71. The third-order valence-electron chi connectivity index (χ3n) is 1.57. The lowest BCUT2D eigenvalue weighted by atomic mass is 10.1. The maximum Gasteiger partial charge on any atom is 0.173 e. The van der Waals surface area contributed by atoms with Gasteiger partial charge in [0.1, 0.15) is 11.5 Å². The van der Waals surface area contributed by atoms with Crippen LogP contribution in [0.25, 0.3) is 0 Å². The lowest BCUT2D eigenvalue weighted by Gasteiger charge is -1.93. The fourth-order valence-electron chi connectivity index (χ4n) is 0.996. The van der Waals surface area contributed by atoms with Gasteiger partial charge in [0.25, 0.3) is 0 Å². The highest BCUT2D eigenvalue weighted by atomic mass is 16.3. The van der Waals surface area contributed by atoms with Gasteiger partial charge in [-0.15, -0.1) is 0 Å². The molecule has 64 valence electrons. The minimum absolute atomic E-state index is 0.0413. The lowest BCUT2D eigenvalue weighted by molar-refractivity contribution is -0.116. The maximum atomic E-state index is 11.3. The van der Waals surface area contributed by atoms with Crippen molar-refractivity contribution in [2.75, 3.05) is 0 Å². The summed E-state index contributed by atoms with van der Waals surface area (Å²) in [7, 11) is 0. The van der Waals surface area contributed by atoms with E-state index in [0.29, 0.717) is 11.3 Å². The smallest absolute Gasteiger partial charge is 0.173 e. The van der Waals surface area contributed by atoms with E-state index >= 15 is 0 Å². The molecule has 0 bridgehead atoms. The second-order valence-electron chi connectivity index (χ2n) is 2.69. The molecule has 0 N–H and O–H groups in total. The van der Waals surface area contributed by atoms with Crippen molar-refractivity contribution in [2.24, 2.45) is 0 Å². The molecule has 0 amide bonds. The van der Waals surface area contributed by atoms with E-state index in [9.17, 15) is 9.59 Å². The highest BCUT2D eigenvalue weighted by Gasteiger charge is 2.12. The Bertz CT molecular complexity index is 309. The average molecular weight is 166 g/mol. The van der Waals surface area contributed by atoms with Crippen LogP contribution in [0, 0.1) is 6.92 Å². The Kier molecular flexibility index (Phi) is 2.43. The number of carbonyl (C=O) groups is 2. The van der Waals surface area contributed by atoms with Crippen molar-refractivity contribution in [2.45, 2.75) is 20.3 Å². The van der Waals surface area contributed by atoms with Gasteiger partial charge in [-0.25, -0.2) is 0 Å². The molecule has 0 spiro atoms. The second-order valence-corrected chi connectivity index (χ2v) is 2.69. The number of hydrogen-bond acceptors (Lipinski definition) is 3. The minimum Gasteiger partial charge on any atom is -0.469 e. The van der Waals surface area contributed by atoms with Crippen LogP contribution in [0.3, 0.4) is 0 Å². The molecule has 0 aliphatic rings. The zero-order valence-electron chi connectivity index (χ0n) is 7.09. The predicted octanol–water partition coefficient (Wildman–Crippen LogP) is 1.75. The van der Waals surface area contributed by atoms with Gasteiger partial charge in [0.05, 0.1) is 18.2 Å². The van der Waals surface area contributed by atoms with Crippen molar-refractivity contribution in [1.29, 1.82) is 0 Å². The van der Waals surface area contributed by atoms with E-state index in [2.05, 4.69) is 0 Å². The number of furan rings is 1. The Morgan fingerprint density at radius 2 is 2.17 bits per heavy atom. The Balaban J connectivity index is 2.78. The Hall–Kier alpha value is -1.38. The van der Waals surface area contributed by atoms with E-state index in [1.165, 1.54) is 13.2 Å². The molecule has 3 nitrogen and oxygen atoms in total. The molecule has 3 heteroatoms. The molecule has 0 saturated carbocycles.